The van der Waals surface area contributed by atoms with E-state index in [0.717, 1.165) is 12.3 Å². The normalized spacial score (nSPS) is 10.9. The van der Waals surface area contributed by atoms with E-state index in [0.29, 0.717) is 0 Å². The Hall–Kier alpha value is -2.18. The lowest BCUT2D eigenvalue weighted by atomic mass is 10.2. The van der Waals surface area contributed by atoms with Crippen molar-refractivity contribution in [1.29, 1.82) is 0 Å². The molecule has 1 amide bonds. The van der Waals surface area contributed by atoms with Crippen molar-refractivity contribution in [3.05, 3.63) is 23.6 Å². The second kappa shape index (κ2) is 4.99. The van der Waals surface area contributed by atoms with Gasteiger partial charge >= 0.3 is 12.1 Å². The highest BCUT2D eigenvalue weighted by molar-refractivity contribution is 5.90. The molecule has 18 heavy (non-hydrogen) atoms. The number of carboxylic acids is 1. The number of carboxylic acid groups (broad SMARTS) is 1. The van der Waals surface area contributed by atoms with E-state index in [-0.39, 0.29) is 5.82 Å². The summed E-state index contributed by atoms with van der Waals surface area (Å²) in [7, 11) is 0. The fourth-order valence-corrected chi connectivity index (χ4v) is 1.08. The molecule has 0 atom stereocenters. The smallest absolute Gasteiger partial charge is 0.413 e. The van der Waals surface area contributed by atoms with Gasteiger partial charge in [0.05, 0.1) is 6.20 Å². The van der Waals surface area contributed by atoms with Gasteiger partial charge in [0.2, 0.25) is 0 Å². The minimum atomic E-state index is -1.44. The molecule has 1 aromatic rings. The lowest BCUT2D eigenvalue weighted by molar-refractivity contribution is 0.0631. The van der Waals surface area contributed by atoms with Gasteiger partial charge in [-0.05, 0) is 26.8 Å². The third-order valence-corrected chi connectivity index (χ3v) is 1.71. The van der Waals surface area contributed by atoms with E-state index in [1.54, 1.807) is 20.8 Å². The van der Waals surface area contributed by atoms with E-state index in [1.165, 1.54) is 0 Å². The molecule has 6 nitrogen and oxygen atoms in total. The molecule has 1 heterocycles. The van der Waals surface area contributed by atoms with Crippen molar-refractivity contribution < 1.29 is 23.8 Å². The van der Waals surface area contributed by atoms with Gasteiger partial charge in [0.25, 0.3) is 0 Å². The number of rotatable bonds is 2. The quantitative estimate of drug-likeness (QED) is 0.847. The number of hydrogen-bond donors (Lipinski definition) is 2. The molecule has 0 aromatic carbocycles. The zero-order chi connectivity index (χ0) is 13.9. The van der Waals surface area contributed by atoms with Crippen LogP contribution >= 0.6 is 0 Å². The fraction of sp³-hybridized carbons (Fsp3) is 0.364. The summed E-state index contributed by atoms with van der Waals surface area (Å²) in [6.45, 7) is 5.02. The Bertz CT molecular complexity index is 482. The lowest BCUT2D eigenvalue weighted by Crippen LogP contribution is -2.27. The highest BCUT2D eigenvalue weighted by Crippen LogP contribution is 2.13. The number of carbonyl (C=O) groups excluding carboxylic acids is 1. The number of ether oxygens (including phenoxy) is 1. The molecule has 7 heteroatoms. The zero-order valence-corrected chi connectivity index (χ0v) is 10.2. The van der Waals surface area contributed by atoms with E-state index < -0.39 is 29.0 Å². The first-order chi connectivity index (χ1) is 8.19. The van der Waals surface area contributed by atoms with Gasteiger partial charge < -0.3 is 9.84 Å². The van der Waals surface area contributed by atoms with Gasteiger partial charge in [-0.1, -0.05) is 0 Å². The predicted molar refractivity (Wildman–Crippen MR) is 61.0 cm³/mol. The van der Waals surface area contributed by atoms with Gasteiger partial charge in [0, 0.05) is 0 Å². The summed E-state index contributed by atoms with van der Waals surface area (Å²) in [5.41, 5.74) is -1.27. The second-order valence-electron chi connectivity index (χ2n) is 4.48. The number of halogens is 1. The molecule has 0 saturated heterocycles. The molecule has 0 aliphatic heterocycles. The van der Waals surface area contributed by atoms with Crippen LogP contribution in [0.4, 0.5) is 15.0 Å². The van der Waals surface area contributed by atoms with Crippen LogP contribution in [0.25, 0.3) is 0 Å². The molecule has 0 fully saturated rings. The first kappa shape index (κ1) is 13.9. The number of pyridine rings is 1. The van der Waals surface area contributed by atoms with E-state index in [1.807, 2.05) is 0 Å². The molecule has 0 spiro atoms. The Morgan fingerprint density at radius 2 is 2.06 bits per heavy atom. The summed E-state index contributed by atoms with van der Waals surface area (Å²) in [5.74, 6) is -2.51. The van der Waals surface area contributed by atoms with Crippen molar-refractivity contribution in [2.75, 3.05) is 5.32 Å². The van der Waals surface area contributed by atoms with Crippen molar-refractivity contribution in [3.8, 4) is 0 Å². The average molecular weight is 256 g/mol. The van der Waals surface area contributed by atoms with Crippen LogP contribution in [-0.2, 0) is 4.74 Å². The maximum absolute atomic E-state index is 13.0. The van der Waals surface area contributed by atoms with Crippen molar-refractivity contribution >= 4 is 17.9 Å². The highest BCUT2D eigenvalue weighted by atomic mass is 19.1. The minimum Gasteiger partial charge on any atom is -0.478 e. The van der Waals surface area contributed by atoms with Gasteiger partial charge in [0.15, 0.2) is 5.82 Å². The van der Waals surface area contributed by atoms with Crippen molar-refractivity contribution in [2.24, 2.45) is 0 Å². The summed E-state index contributed by atoms with van der Waals surface area (Å²) < 4.78 is 18.0. The van der Waals surface area contributed by atoms with Crippen LogP contribution in [0.15, 0.2) is 12.3 Å². The second-order valence-corrected chi connectivity index (χ2v) is 4.48. The largest absolute Gasteiger partial charge is 0.478 e. The van der Waals surface area contributed by atoms with Crippen molar-refractivity contribution in [2.45, 2.75) is 26.4 Å². The monoisotopic (exact) mass is 256 g/mol. The Morgan fingerprint density at radius 1 is 1.44 bits per heavy atom. The number of aromatic carboxylic acids is 1. The molecule has 1 rings (SSSR count). The molecule has 0 bridgehead atoms. The molecule has 0 radical (unpaired) electrons. The third-order valence-electron chi connectivity index (χ3n) is 1.71. The standard InChI is InChI=1S/C11H13FN2O4/c1-11(2,3)18-10(17)14-8-4-6(9(15)16)7(12)5-13-8/h4-5H,1-3H3,(H,15,16)(H,13,14,17). The number of carbonyl (C=O) groups is 2. The van der Waals surface area contributed by atoms with Crippen LogP contribution in [0, 0.1) is 5.82 Å². The van der Waals surface area contributed by atoms with E-state index in [2.05, 4.69) is 10.3 Å². The predicted octanol–water partition coefficient (Wildman–Crippen LogP) is 2.27. The van der Waals surface area contributed by atoms with Crippen molar-refractivity contribution in [3.63, 3.8) is 0 Å². The van der Waals surface area contributed by atoms with Crippen LogP contribution in [-0.4, -0.2) is 27.8 Å². The lowest BCUT2D eigenvalue weighted by Gasteiger charge is -2.19. The average Bonchev–Trinajstić information content (AvgIpc) is 2.17. The number of hydrogen-bond acceptors (Lipinski definition) is 4. The van der Waals surface area contributed by atoms with Crippen molar-refractivity contribution in [1.82, 2.24) is 4.98 Å². The Morgan fingerprint density at radius 3 is 2.56 bits per heavy atom. The number of amides is 1. The molecule has 1 aromatic heterocycles. The zero-order valence-electron chi connectivity index (χ0n) is 10.2. The van der Waals surface area contributed by atoms with Crippen LogP contribution in [0.1, 0.15) is 31.1 Å². The molecular formula is C11H13FN2O4. The molecule has 0 saturated carbocycles. The summed E-state index contributed by atoms with van der Waals surface area (Å²) >= 11 is 0. The van der Waals surface area contributed by atoms with E-state index >= 15 is 0 Å². The first-order valence-electron chi connectivity index (χ1n) is 5.08. The summed E-state index contributed by atoms with van der Waals surface area (Å²) in [6.07, 6.45) is -0.0752. The topological polar surface area (TPSA) is 88.5 Å². The molecular weight excluding hydrogens is 243 g/mol. The van der Waals surface area contributed by atoms with Crippen LogP contribution in [0.5, 0.6) is 0 Å². The Labute approximate surface area is 103 Å². The third kappa shape index (κ3) is 4.00. The molecule has 0 aliphatic rings. The Balaban J connectivity index is 2.83. The summed E-state index contributed by atoms with van der Waals surface area (Å²) in [6, 6.07) is 0.918. The number of aromatic nitrogens is 1. The molecule has 98 valence electrons. The number of anilines is 1. The van der Waals surface area contributed by atoms with Crippen LogP contribution in [0.3, 0.4) is 0 Å². The molecule has 0 aliphatic carbocycles. The minimum absolute atomic E-state index is 0.0944. The van der Waals surface area contributed by atoms with E-state index in [4.69, 9.17) is 9.84 Å². The summed E-state index contributed by atoms with van der Waals surface area (Å²) in [5, 5.41) is 10.9. The maximum atomic E-state index is 13.0. The van der Waals surface area contributed by atoms with Gasteiger partial charge in [0.1, 0.15) is 17.0 Å². The van der Waals surface area contributed by atoms with Gasteiger partial charge in [-0.3, -0.25) is 5.32 Å². The highest BCUT2D eigenvalue weighted by Gasteiger charge is 2.18. The molecule has 0 unspecified atom stereocenters. The van der Waals surface area contributed by atoms with Gasteiger partial charge in [-0.15, -0.1) is 0 Å². The van der Waals surface area contributed by atoms with Crippen LogP contribution < -0.4 is 5.32 Å². The van der Waals surface area contributed by atoms with Gasteiger partial charge in [-0.25, -0.2) is 19.0 Å². The number of nitrogens with one attached hydrogen (secondary N) is 1. The maximum Gasteiger partial charge on any atom is 0.413 e. The van der Waals surface area contributed by atoms with Crippen LogP contribution in [0.2, 0.25) is 0 Å². The number of nitrogens with zero attached hydrogens (tertiary/aromatic N) is 1. The fourth-order valence-electron chi connectivity index (χ4n) is 1.08. The Kier molecular flexibility index (Phi) is 3.85. The SMILES string of the molecule is CC(C)(C)OC(=O)Nc1cc(C(=O)O)c(F)cn1. The van der Waals surface area contributed by atoms with Gasteiger partial charge in [-0.2, -0.15) is 0 Å². The molecule has 2 N–H and O–H groups in total. The summed E-state index contributed by atoms with van der Waals surface area (Å²) in [4.78, 5) is 25.6. The van der Waals surface area contributed by atoms with E-state index in [9.17, 15) is 14.0 Å². The first-order valence-corrected chi connectivity index (χ1v) is 5.08.